The van der Waals surface area contributed by atoms with E-state index >= 15 is 0 Å². The van der Waals surface area contributed by atoms with Gasteiger partial charge < -0.3 is 25.2 Å². The lowest BCUT2D eigenvalue weighted by molar-refractivity contribution is 0.196. The van der Waals surface area contributed by atoms with Crippen molar-refractivity contribution in [2.75, 3.05) is 26.9 Å². The highest BCUT2D eigenvalue weighted by molar-refractivity contribution is 14.0. The van der Waals surface area contributed by atoms with Gasteiger partial charge in [0.25, 0.3) is 0 Å². The van der Waals surface area contributed by atoms with E-state index in [0.29, 0.717) is 30.5 Å². The summed E-state index contributed by atoms with van der Waals surface area (Å²) >= 11 is 6.20. The molecular weight excluding hydrogens is 493 g/mol. The Balaban J connectivity index is 0.00000392. The summed E-state index contributed by atoms with van der Waals surface area (Å²) in [4.78, 5) is 4.61. The first-order valence-electron chi connectivity index (χ1n) is 8.84. The number of nitrogens with one attached hydrogen (secondary N) is 2. The Kier molecular flexibility index (Phi) is 11.7. The second-order valence-electron chi connectivity index (χ2n) is 5.70. The van der Waals surface area contributed by atoms with Gasteiger partial charge in [-0.05, 0) is 36.2 Å². The van der Waals surface area contributed by atoms with Gasteiger partial charge in [0, 0.05) is 18.1 Å². The molecule has 28 heavy (non-hydrogen) atoms. The molecule has 0 saturated heterocycles. The predicted molar refractivity (Wildman–Crippen MR) is 124 cm³/mol. The first-order valence-corrected chi connectivity index (χ1v) is 9.21. The van der Waals surface area contributed by atoms with Crippen LogP contribution in [0.2, 0.25) is 5.02 Å². The van der Waals surface area contributed by atoms with Gasteiger partial charge in [0.2, 0.25) is 0 Å². The maximum Gasteiger partial charge on any atom is 0.191 e. The zero-order valence-electron chi connectivity index (χ0n) is 16.1. The van der Waals surface area contributed by atoms with Crippen LogP contribution in [-0.2, 0) is 13.1 Å². The topological polar surface area (TPSA) is 75.1 Å². The molecule has 2 aromatic carbocycles. The Morgan fingerprint density at radius 3 is 2.61 bits per heavy atom. The number of halogens is 2. The standard InChI is InChI=1S/C20H26ClN3O3.HI/c1-3-22-20(24-14-16-6-4-5-7-17(16)21)23-13-15-8-9-18(27-11-10-25)19(12-15)26-2;/h4-9,12,25H,3,10-11,13-14H2,1-2H3,(H2,22,23,24);1H. The molecule has 0 saturated carbocycles. The van der Waals surface area contributed by atoms with Gasteiger partial charge in [-0.1, -0.05) is 35.9 Å². The smallest absolute Gasteiger partial charge is 0.191 e. The van der Waals surface area contributed by atoms with Gasteiger partial charge in [0.15, 0.2) is 17.5 Å². The number of methoxy groups -OCH3 is 1. The fourth-order valence-electron chi connectivity index (χ4n) is 2.42. The van der Waals surface area contributed by atoms with Gasteiger partial charge >= 0.3 is 0 Å². The molecule has 0 bridgehead atoms. The van der Waals surface area contributed by atoms with Crippen LogP contribution in [0.1, 0.15) is 18.1 Å². The fraction of sp³-hybridized carbons (Fsp3) is 0.350. The van der Waals surface area contributed by atoms with Gasteiger partial charge in [-0.2, -0.15) is 0 Å². The minimum atomic E-state index is -0.0433. The van der Waals surface area contributed by atoms with Crippen LogP contribution in [0.5, 0.6) is 11.5 Å². The molecule has 6 nitrogen and oxygen atoms in total. The van der Waals surface area contributed by atoms with Crippen LogP contribution < -0.4 is 20.1 Å². The molecule has 0 aliphatic carbocycles. The van der Waals surface area contributed by atoms with Crippen LogP contribution in [0.4, 0.5) is 0 Å². The van der Waals surface area contributed by atoms with Crippen LogP contribution >= 0.6 is 35.6 Å². The third-order valence-electron chi connectivity index (χ3n) is 3.74. The summed E-state index contributed by atoms with van der Waals surface area (Å²) in [7, 11) is 1.59. The van der Waals surface area contributed by atoms with Crippen molar-refractivity contribution in [2.24, 2.45) is 4.99 Å². The molecule has 8 heteroatoms. The van der Waals surface area contributed by atoms with Crippen molar-refractivity contribution in [3.63, 3.8) is 0 Å². The summed E-state index contributed by atoms with van der Waals surface area (Å²) in [5, 5.41) is 16.1. The largest absolute Gasteiger partial charge is 0.493 e. The van der Waals surface area contributed by atoms with Gasteiger partial charge in [0.05, 0.1) is 20.3 Å². The highest BCUT2D eigenvalue weighted by atomic mass is 127. The second-order valence-corrected chi connectivity index (χ2v) is 6.10. The summed E-state index contributed by atoms with van der Waals surface area (Å²) in [5.74, 6) is 1.92. The van der Waals surface area contributed by atoms with Crippen LogP contribution in [0, 0.1) is 0 Å². The number of hydrogen-bond acceptors (Lipinski definition) is 4. The number of guanidine groups is 1. The SMILES string of the molecule is CCNC(=NCc1ccc(OCCO)c(OC)c1)NCc1ccccc1Cl.I. The summed E-state index contributed by atoms with van der Waals surface area (Å²) in [6, 6.07) is 13.4. The lowest BCUT2D eigenvalue weighted by Gasteiger charge is -2.13. The lowest BCUT2D eigenvalue weighted by Crippen LogP contribution is -2.36. The Morgan fingerprint density at radius 1 is 1.14 bits per heavy atom. The maximum absolute atomic E-state index is 8.89. The number of aliphatic hydroxyl groups excluding tert-OH is 1. The Labute approximate surface area is 188 Å². The first-order chi connectivity index (χ1) is 13.2. The van der Waals surface area contributed by atoms with E-state index in [2.05, 4.69) is 15.6 Å². The normalized spacial score (nSPS) is 10.8. The minimum absolute atomic E-state index is 0. The molecule has 2 rings (SSSR count). The average Bonchev–Trinajstić information content (AvgIpc) is 2.69. The highest BCUT2D eigenvalue weighted by Gasteiger charge is 2.06. The third-order valence-corrected chi connectivity index (χ3v) is 4.11. The van der Waals surface area contributed by atoms with Crippen molar-refractivity contribution in [2.45, 2.75) is 20.0 Å². The van der Waals surface area contributed by atoms with Crippen molar-refractivity contribution in [1.29, 1.82) is 0 Å². The van der Waals surface area contributed by atoms with E-state index in [1.54, 1.807) is 7.11 Å². The van der Waals surface area contributed by atoms with Crippen LogP contribution in [0.25, 0.3) is 0 Å². The molecule has 0 unspecified atom stereocenters. The summed E-state index contributed by atoms with van der Waals surface area (Å²) in [6.45, 7) is 4.02. The number of aliphatic hydroxyl groups is 1. The van der Waals surface area contributed by atoms with Crippen molar-refractivity contribution in [3.8, 4) is 11.5 Å². The number of hydrogen-bond donors (Lipinski definition) is 3. The number of aliphatic imine (C=N–C) groups is 1. The molecule has 0 aliphatic rings. The molecule has 0 aromatic heterocycles. The Morgan fingerprint density at radius 2 is 1.93 bits per heavy atom. The van der Waals surface area contributed by atoms with Gasteiger partial charge in [-0.25, -0.2) is 4.99 Å². The number of nitrogens with zero attached hydrogens (tertiary/aromatic N) is 1. The Bertz CT molecular complexity index is 759. The summed E-state index contributed by atoms with van der Waals surface area (Å²) in [6.07, 6.45) is 0. The van der Waals surface area contributed by atoms with Crippen molar-refractivity contribution < 1.29 is 14.6 Å². The van der Waals surface area contributed by atoms with Crippen molar-refractivity contribution in [1.82, 2.24) is 10.6 Å². The zero-order valence-corrected chi connectivity index (χ0v) is 19.2. The van der Waals surface area contributed by atoms with Gasteiger partial charge in [-0.15, -0.1) is 24.0 Å². The molecule has 0 atom stereocenters. The van der Waals surface area contributed by atoms with Crippen LogP contribution in [-0.4, -0.2) is 37.9 Å². The van der Waals surface area contributed by atoms with Crippen LogP contribution in [0.3, 0.4) is 0 Å². The van der Waals surface area contributed by atoms with E-state index in [4.69, 9.17) is 26.2 Å². The average molecular weight is 520 g/mol. The monoisotopic (exact) mass is 519 g/mol. The summed E-state index contributed by atoms with van der Waals surface area (Å²) in [5.41, 5.74) is 2.00. The lowest BCUT2D eigenvalue weighted by atomic mass is 10.2. The molecule has 154 valence electrons. The molecule has 0 heterocycles. The molecule has 2 aromatic rings. The second kappa shape index (κ2) is 13.5. The van der Waals surface area contributed by atoms with E-state index in [1.165, 1.54) is 0 Å². The molecular formula is C20H27ClIN3O3. The van der Waals surface area contributed by atoms with E-state index in [1.807, 2.05) is 49.4 Å². The van der Waals surface area contributed by atoms with E-state index < -0.39 is 0 Å². The summed E-state index contributed by atoms with van der Waals surface area (Å²) < 4.78 is 10.8. The fourth-order valence-corrected chi connectivity index (χ4v) is 2.62. The van der Waals surface area contributed by atoms with Crippen molar-refractivity contribution >= 4 is 41.5 Å². The number of ether oxygens (including phenoxy) is 2. The van der Waals surface area contributed by atoms with Crippen molar-refractivity contribution in [3.05, 3.63) is 58.6 Å². The van der Waals surface area contributed by atoms with E-state index in [0.717, 1.165) is 22.7 Å². The Hall–Kier alpha value is -1.71. The molecule has 0 aliphatic heterocycles. The zero-order chi connectivity index (χ0) is 19.5. The number of rotatable bonds is 9. The third kappa shape index (κ3) is 7.73. The molecule has 0 amide bonds. The predicted octanol–water partition coefficient (Wildman–Crippen LogP) is 3.59. The molecule has 3 N–H and O–H groups in total. The highest BCUT2D eigenvalue weighted by Crippen LogP contribution is 2.28. The maximum atomic E-state index is 8.89. The minimum Gasteiger partial charge on any atom is -0.493 e. The van der Waals surface area contributed by atoms with E-state index in [9.17, 15) is 0 Å². The number of benzene rings is 2. The van der Waals surface area contributed by atoms with Gasteiger partial charge in [0.1, 0.15) is 6.61 Å². The van der Waals surface area contributed by atoms with Crippen LogP contribution in [0.15, 0.2) is 47.5 Å². The molecule has 0 radical (unpaired) electrons. The van der Waals surface area contributed by atoms with Gasteiger partial charge in [-0.3, -0.25) is 0 Å². The molecule has 0 fully saturated rings. The van der Waals surface area contributed by atoms with E-state index in [-0.39, 0.29) is 37.2 Å². The molecule has 0 spiro atoms. The first kappa shape index (κ1) is 24.3. The quantitative estimate of drug-likeness (QED) is 0.268.